The van der Waals surface area contributed by atoms with E-state index >= 15 is 0 Å². The minimum atomic E-state index is -0.448. The van der Waals surface area contributed by atoms with Gasteiger partial charge in [0.05, 0.1) is 0 Å². The molecule has 0 amide bonds. The Kier molecular flexibility index (Phi) is 21.5. The van der Waals surface area contributed by atoms with Gasteiger partial charge in [0.15, 0.2) is 0 Å². The van der Waals surface area contributed by atoms with Gasteiger partial charge in [0.25, 0.3) is 0 Å². The first-order valence-electron chi connectivity index (χ1n) is 15.1. The van der Waals surface area contributed by atoms with Gasteiger partial charge < -0.3 is 0 Å². The summed E-state index contributed by atoms with van der Waals surface area (Å²) >= 11 is 1.82. The SMILES string of the molecule is CC(C)P(C(C)C)C(C)C.C[C@@H]([C@H](C)P(c1ccccc1)c1ccccc1)P(c1ccccc1)c1ccccc1.[C-]#[O+].[Cl][Ru]. The third-order valence-electron chi connectivity index (χ3n) is 7.44. The first-order chi connectivity index (χ1) is 21.2. The van der Waals surface area contributed by atoms with Crippen molar-refractivity contribution in [1.29, 1.82) is 0 Å². The van der Waals surface area contributed by atoms with Crippen LogP contribution in [0.4, 0.5) is 0 Å². The maximum absolute atomic E-state index is 7.50. The van der Waals surface area contributed by atoms with E-state index in [4.69, 9.17) is 4.65 Å². The Labute approximate surface area is 286 Å². The first kappa shape index (κ1) is 40.8. The monoisotopic (exact) mass is 751 g/mol. The Morgan fingerprint density at radius 2 is 0.614 bits per heavy atom. The summed E-state index contributed by atoms with van der Waals surface area (Å²) in [6, 6.07) is 44.5. The summed E-state index contributed by atoms with van der Waals surface area (Å²) in [5.74, 6) is 0. The Bertz CT molecular complexity index is 1090. The van der Waals surface area contributed by atoms with Gasteiger partial charge in [-0.3, -0.25) is 0 Å². The molecule has 44 heavy (non-hydrogen) atoms. The van der Waals surface area contributed by atoms with E-state index in [1.807, 2.05) is 17.3 Å². The molecule has 4 aromatic rings. The molecule has 0 spiro atoms. The second kappa shape index (κ2) is 23.2. The van der Waals surface area contributed by atoms with Crippen molar-refractivity contribution >= 4 is 54.7 Å². The van der Waals surface area contributed by atoms with Crippen LogP contribution in [0.25, 0.3) is 0 Å². The van der Waals surface area contributed by atoms with E-state index < -0.39 is 15.8 Å². The fourth-order valence-corrected chi connectivity index (χ4v) is 15.5. The summed E-state index contributed by atoms with van der Waals surface area (Å²) in [5.41, 5.74) is 3.80. The third-order valence-corrected chi connectivity index (χ3v) is 17.2. The number of hydrogen-bond acceptors (Lipinski definition) is 0. The van der Waals surface area contributed by atoms with Crippen molar-refractivity contribution < 1.29 is 22.0 Å². The van der Waals surface area contributed by atoms with Gasteiger partial charge in [-0.05, 0) is 65.4 Å². The molecule has 4 aromatic carbocycles. The van der Waals surface area contributed by atoms with E-state index in [1.54, 1.807) is 0 Å². The summed E-state index contributed by atoms with van der Waals surface area (Å²) in [5, 5.41) is 5.87. The predicted molar refractivity (Wildman–Crippen MR) is 199 cm³/mol. The van der Waals surface area contributed by atoms with Gasteiger partial charge in [-0.1, -0.05) is 185 Å². The number of hydrogen-bond donors (Lipinski definition) is 0. The van der Waals surface area contributed by atoms with Crippen LogP contribution in [0.3, 0.4) is 0 Å². The molecule has 0 radical (unpaired) electrons. The predicted octanol–water partition coefficient (Wildman–Crippen LogP) is 10.4. The van der Waals surface area contributed by atoms with Crippen molar-refractivity contribution in [3.8, 4) is 0 Å². The zero-order valence-electron chi connectivity index (χ0n) is 27.4. The van der Waals surface area contributed by atoms with E-state index in [0.717, 1.165) is 17.0 Å². The number of benzene rings is 4. The second-order valence-corrected chi connectivity index (χ2v) is 20.5. The number of halogens is 1. The van der Waals surface area contributed by atoms with Crippen LogP contribution in [0.5, 0.6) is 0 Å². The van der Waals surface area contributed by atoms with Crippen molar-refractivity contribution in [1.82, 2.24) is 0 Å². The van der Waals surface area contributed by atoms with Gasteiger partial charge in [0, 0.05) is 0 Å². The molecule has 4 rings (SSSR count). The molecule has 0 aliphatic carbocycles. The van der Waals surface area contributed by atoms with E-state index in [9.17, 15) is 0 Å². The van der Waals surface area contributed by atoms with Crippen molar-refractivity contribution in [3.63, 3.8) is 0 Å². The zero-order chi connectivity index (χ0) is 33.1. The fourth-order valence-electron chi connectivity index (χ4n) is 5.81. The summed E-state index contributed by atoms with van der Waals surface area (Å²) in [6.45, 7) is 23.6. The molecule has 1 nitrogen and oxygen atoms in total. The van der Waals surface area contributed by atoms with Crippen molar-refractivity contribution in [2.75, 3.05) is 0 Å². The van der Waals surface area contributed by atoms with Gasteiger partial charge in [-0.25, -0.2) is 0 Å². The zero-order valence-corrected chi connectivity index (χ0v) is 32.6. The Balaban J connectivity index is 0.000000587. The van der Waals surface area contributed by atoms with Crippen LogP contribution in [-0.4, -0.2) is 28.3 Å². The summed E-state index contributed by atoms with van der Waals surface area (Å²) < 4.78 is 7.50. The maximum atomic E-state index is 7.50. The van der Waals surface area contributed by atoms with E-state index in [-0.39, 0.29) is 7.92 Å². The van der Waals surface area contributed by atoms with Crippen LogP contribution < -0.4 is 21.2 Å². The molecule has 2 atom stereocenters. The van der Waals surface area contributed by atoms with Crippen LogP contribution in [-0.2, 0) is 22.0 Å². The average Bonchev–Trinajstić information content (AvgIpc) is 3.05. The van der Waals surface area contributed by atoms with Gasteiger partial charge in [-0.2, -0.15) is 0 Å². The normalized spacial score (nSPS) is 12.1. The Morgan fingerprint density at radius 3 is 0.750 bits per heavy atom. The fraction of sp³-hybridized carbons (Fsp3) is 0.342. The molecular weight excluding hydrogens is 702 g/mol. The first-order valence-corrected chi connectivity index (χ1v) is 21.7. The molecule has 0 saturated carbocycles. The van der Waals surface area contributed by atoms with Crippen molar-refractivity contribution in [2.45, 2.75) is 83.7 Å². The second-order valence-electron chi connectivity index (χ2n) is 11.3. The third kappa shape index (κ3) is 12.9. The topological polar surface area (TPSA) is 19.9 Å². The van der Waals surface area contributed by atoms with Crippen LogP contribution in [0.15, 0.2) is 121 Å². The molecule has 0 aromatic heterocycles. The molecular formula is C38H49ClOP3Ru. The molecule has 0 aliphatic rings. The molecule has 0 aliphatic heterocycles. The molecule has 0 unspecified atom stereocenters. The van der Waals surface area contributed by atoms with Crippen molar-refractivity contribution in [2.24, 2.45) is 0 Å². The van der Waals surface area contributed by atoms with Gasteiger partial charge >= 0.3 is 38.3 Å². The van der Waals surface area contributed by atoms with E-state index in [0.29, 0.717) is 11.3 Å². The van der Waals surface area contributed by atoms with Gasteiger partial charge in [0.1, 0.15) is 0 Å². The summed E-state index contributed by atoms with van der Waals surface area (Å²) in [4.78, 5) is 0. The molecule has 0 fully saturated rings. The molecule has 0 saturated heterocycles. The van der Waals surface area contributed by atoms with Gasteiger partial charge in [0.2, 0.25) is 0 Å². The van der Waals surface area contributed by atoms with Crippen LogP contribution in [0.1, 0.15) is 55.4 Å². The molecule has 0 N–H and O–H groups in total. The Hall–Kier alpha value is -1.18. The van der Waals surface area contributed by atoms with Crippen molar-refractivity contribution in [3.05, 3.63) is 128 Å². The van der Waals surface area contributed by atoms with E-state index in [1.165, 1.54) is 21.2 Å². The Morgan fingerprint density at radius 1 is 0.432 bits per heavy atom. The minimum absolute atomic E-state index is 0.262. The summed E-state index contributed by atoms with van der Waals surface area (Å²) in [7, 11) is 3.93. The number of rotatable bonds is 10. The average molecular weight is 751 g/mol. The van der Waals surface area contributed by atoms with Crippen LogP contribution >= 0.6 is 33.5 Å². The molecule has 0 bridgehead atoms. The quantitative estimate of drug-likeness (QED) is 0.0666. The molecule has 237 valence electrons. The summed E-state index contributed by atoms with van der Waals surface area (Å²) in [6.07, 6.45) is 0. The van der Waals surface area contributed by atoms with Crippen LogP contribution in [0.2, 0.25) is 0 Å². The molecule has 6 heteroatoms. The standard InChI is InChI=1S/C28H28P2.C9H21P.CO.ClH.Ru/c1-23(29(25-15-7-3-8-16-25)26-17-9-4-10-18-26)24(2)30(27-19-11-5-12-20-27)28-21-13-6-14-22-28;1-7(2)10(8(3)4)9(5)6;1-2;;/h3-24H,1-2H3;7-9H,1-6H3;;1H;/q;;;;+1/p-1/t23-,24-;;;;/m0..../s1. The van der Waals surface area contributed by atoms with Crippen LogP contribution in [0, 0.1) is 6.65 Å². The molecule has 0 heterocycles. The van der Waals surface area contributed by atoms with Gasteiger partial charge in [-0.15, -0.1) is 0 Å². The van der Waals surface area contributed by atoms with E-state index in [2.05, 4.69) is 193 Å².